The lowest BCUT2D eigenvalue weighted by atomic mass is 9.99. The number of carbonyl (C=O) groups is 1. The van der Waals surface area contributed by atoms with Gasteiger partial charge in [0.15, 0.2) is 0 Å². The summed E-state index contributed by atoms with van der Waals surface area (Å²) in [5.74, 6) is -0.137. The fraction of sp³-hybridized carbons (Fsp3) is 0.0588. The van der Waals surface area contributed by atoms with Crippen molar-refractivity contribution in [3.8, 4) is 0 Å². The lowest BCUT2D eigenvalue weighted by molar-refractivity contribution is 0.0947. The second kappa shape index (κ2) is 6.73. The Kier molecular flexibility index (Phi) is 4.51. The fourth-order valence-electron chi connectivity index (χ4n) is 2.20. The predicted octanol–water partition coefficient (Wildman–Crippen LogP) is 4.32. The molecular weight excluding hydrogens is 316 g/mol. The quantitative estimate of drug-likeness (QED) is 0.775. The summed E-state index contributed by atoms with van der Waals surface area (Å²) in [7, 11) is 0. The van der Waals surface area contributed by atoms with Crippen molar-refractivity contribution in [2.75, 3.05) is 0 Å². The first-order valence-electron chi connectivity index (χ1n) is 6.75. The van der Waals surface area contributed by atoms with E-state index in [1.165, 1.54) is 11.3 Å². The zero-order valence-corrected chi connectivity index (χ0v) is 13.1. The fourth-order valence-corrected chi connectivity index (χ4v) is 3.15. The molecule has 1 atom stereocenters. The van der Waals surface area contributed by atoms with Gasteiger partial charge < -0.3 is 5.32 Å². The van der Waals surface area contributed by atoms with Crippen molar-refractivity contribution in [1.82, 2.24) is 10.3 Å². The van der Waals surface area contributed by atoms with Crippen LogP contribution in [0.1, 0.15) is 26.8 Å². The van der Waals surface area contributed by atoms with E-state index in [-0.39, 0.29) is 11.9 Å². The van der Waals surface area contributed by atoms with Crippen LogP contribution < -0.4 is 5.32 Å². The van der Waals surface area contributed by atoms with Crippen molar-refractivity contribution >= 4 is 28.8 Å². The molecule has 22 heavy (non-hydrogen) atoms. The van der Waals surface area contributed by atoms with Gasteiger partial charge in [0, 0.05) is 12.4 Å². The van der Waals surface area contributed by atoms with Crippen molar-refractivity contribution in [2.45, 2.75) is 6.04 Å². The minimum atomic E-state index is -0.224. The summed E-state index contributed by atoms with van der Waals surface area (Å²) in [5.41, 5.74) is 2.00. The number of halogens is 1. The van der Waals surface area contributed by atoms with E-state index in [0.29, 0.717) is 9.21 Å². The number of hydrogen-bond acceptors (Lipinski definition) is 3. The number of carbonyl (C=O) groups excluding carboxylic acids is 1. The summed E-state index contributed by atoms with van der Waals surface area (Å²) in [4.78, 5) is 17.1. The highest BCUT2D eigenvalue weighted by molar-refractivity contribution is 7.18. The molecular formula is C17H13ClN2OS. The first-order chi connectivity index (χ1) is 10.7. The molecule has 3 rings (SSSR count). The highest BCUT2D eigenvalue weighted by Gasteiger charge is 2.18. The van der Waals surface area contributed by atoms with Gasteiger partial charge >= 0.3 is 0 Å². The second-order valence-corrected chi connectivity index (χ2v) is 6.42. The monoisotopic (exact) mass is 328 g/mol. The van der Waals surface area contributed by atoms with Crippen molar-refractivity contribution in [3.05, 3.63) is 87.3 Å². The molecule has 0 unspecified atom stereocenters. The van der Waals surface area contributed by atoms with E-state index in [9.17, 15) is 4.79 Å². The summed E-state index contributed by atoms with van der Waals surface area (Å²) in [6.07, 6.45) is 3.44. The number of hydrogen-bond donors (Lipinski definition) is 1. The third kappa shape index (κ3) is 3.35. The molecule has 2 aromatic heterocycles. The van der Waals surface area contributed by atoms with Crippen LogP contribution in [0.3, 0.4) is 0 Å². The van der Waals surface area contributed by atoms with E-state index in [2.05, 4.69) is 10.3 Å². The van der Waals surface area contributed by atoms with Crippen molar-refractivity contribution in [2.24, 2.45) is 0 Å². The molecule has 2 heterocycles. The van der Waals surface area contributed by atoms with E-state index in [1.54, 1.807) is 24.5 Å². The molecule has 0 radical (unpaired) electrons. The Morgan fingerprint density at radius 3 is 2.32 bits per heavy atom. The standard InChI is InChI=1S/C17H13ClN2OS/c18-15-7-6-14(22-15)17(21)20-16(12-4-2-1-3-5-12)13-8-10-19-11-9-13/h1-11,16H,(H,20,21)/t16-/m0/s1. The van der Waals surface area contributed by atoms with Crippen LogP contribution in [0.4, 0.5) is 0 Å². The van der Waals surface area contributed by atoms with E-state index in [4.69, 9.17) is 11.6 Å². The molecule has 3 aromatic rings. The van der Waals surface area contributed by atoms with Crippen molar-refractivity contribution < 1.29 is 4.79 Å². The molecule has 110 valence electrons. The van der Waals surface area contributed by atoms with Crippen molar-refractivity contribution in [3.63, 3.8) is 0 Å². The van der Waals surface area contributed by atoms with Gasteiger partial charge in [0.2, 0.25) is 0 Å². The number of amides is 1. The zero-order chi connectivity index (χ0) is 15.4. The minimum Gasteiger partial charge on any atom is -0.340 e. The van der Waals surface area contributed by atoms with Crippen LogP contribution in [0.15, 0.2) is 67.0 Å². The number of benzene rings is 1. The minimum absolute atomic E-state index is 0.137. The van der Waals surface area contributed by atoms with Gasteiger partial charge in [0.1, 0.15) is 0 Å². The Labute approximate surface area is 137 Å². The summed E-state index contributed by atoms with van der Waals surface area (Å²) in [6.45, 7) is 0. The number of nitrogens with one attached hydrogen (secondary N) is 1. The van der Waals surface area contributed by atoms with Gasteiger partial charge in [0.25, 0.3) is 5.91 Å². The average molecular weight is 329 g/mol. The maximum absolute atomic E-state index is 12.4. The summed E-state index contributed by atoms with van der Waals surface area (Å²) in [6, 6.07) is 16.9. The van der Waals surface area contributed by atoms with Crippen LogP contribution in [0, 0.1) is 0 Å². The third-order valence-electron chi connectivity index (χ3n) is 3.24. The molecule has 1 aromatic carbocycles. The van der Waals surface area contributed by atoms with Crippen LogP contribution in [0.25, 0.3) is 0 Å². The lowest BCUT2D eigenvalue weighted by Crippen LogP contribution is -2.28. The first-order valence-corrected chi connectivity index (χ1v) is 7.94. The van der Waals surface area contributed by atoms with Crippen LogP contribution in [-0.2, 0) is 0 Å². The van der Waals surface area contributed by atoms with Crippen LogP contribution >= 0.6 is 22.9 Å². The molecule has 0 saturated heterocycles. The molecule has 0 saturated carbocycles. The first kappa shape index (κ1) is 14.8. The number of aromatic nitrogens is 1. The molecule has 1 amide bonds. The summed E-state index contributed by atoms with van der Waals surface area (Å²) < 4.78 is 0.602. The third-order valence-corrected chi connectivity index (χ3v) is 4.47. The van der Waals surface area contributed by atoms with Gasteiger partial charge in [-0.2, -0.15) is 0 Å². The molecule has 0 spiro atoms. The Morgan fingerprint density at radius 1 is 1.00 bits per heavy atom. The molecule has 0 fully saturated rings. The number of nitrogens with zero attached hydrogens (tertiary/aromatic N) is 1. The van der Waals surface area contributed by atoms with Crippen molar-refractivity contribution in [1.29, 1.82) is 0 Å². The average Bonchev–Trinajstić information content (AvgIpc) is 3.01. The Hall–Kier alpha value is -2.17. The number of pyridine rings is 1. The Bertz CT molecular complexity index is 719. The predicted molar refractivity (Wildman–Crippen MR) is 89.3 cm³/mol. The van der Waals surface area contributed by atoms with E-state index in [0.717, 1.165) is 11.1 Å². The summed E-state index contributed by atoms with van der Waals surface area (Å²) >= 11 is 7.17. The largest absolute Gasteiger partial charge is 0.340 e. The maximum Gasteiger partial charge on any atom is 0.262 e. The topological polar surface area (TPSA) is 42.0 Å². The molecule has 0 bridgehead atoms. The van der Waals surface area contributed by atoms with E-state index in [1.807, 2.05) is 42.5 Å². The SMILES string of the molecule is O=C(N[C@@H](c1ccccc1)c1ccncc1)c1ccc(Cl)s1. The van der Waals surface area contributed by atoms with Gasteiger partial charge in [0.05, 0.1) is 15.3 Å². The van der Waals surface area contributed by atoms with Gasteiger partial charge in [-0.15, -0.1) is 11.3 Å². The van der Waals surface area contributed by atoms with Gasteiger partial charge in [-0.3, -0.25) is 9.78 Å². The Morgan fingerprint density at radius 2 is 1.68 bits per heavy atom. The molecule has 0 aliphatic rings. The maximum atomic E-state index is 12.4. The van der Waals surface area contributed by atoms with Gasteiger partial charge in [-0.05, 0) is 35.4 Å². The normalized spacial score (nSPS) is 11.9. The van der Waals surface area contributed by atoms with E-state index >= 15 is 0 Å². The molecule has 3 nitrogen and oxygen atoms in total. The molecule has 0 aliphatic carbocycles. The second-order valence-electron chi connectivity index (χ2n) is 4.70. The number of rotatable bonds is 4. The number of thiophene rings is 1. The van der Waals surface area contributed by atoms with Gasteiger partial charge in [-0.25, -0.2) is 0 Å². The summed E-state index contributed by atoms with van der Waals surface area (Å²) in [5, 5.41) is 3.06. The molecule has 0 aliphatic heterocycles. The molecule has 5 heteroatoms. The zero-order valence-electron chi connectivity index (χ0n) is 11.6. The van der Waals surface area contributed by atoms with Crippen LogP contribution in [-0.4, -0.2) is 10.9 Å². The van der Waals surface area contributed by atoms with Crippen LogP contribution in [0.2, 0.25) is 4.34 Å². The highest BCUT2D eigenvalue weighted by Crippen LogP contribution is 2.25. The smallest absolute Gasteiger partial charge is 0.262 e. The lowest BCUT2D eigenvalue weighted by Gasteiger charge is -2.19. The van der Waals surface area contributed by atoms with Gasteiger partial charge in [-0.1, -0.05) is 41.9 Å². The van der Waals surface area contributed by atoms with Crippen LogP contribution in [0.5, 0.6) is 0 Å². The Balaban J connectivity index is 1.91. The molecule has 1 N–H and O–H groups in total. The van der Waals surface area contributed by atoms with E-state index < -0.39 is 0 Å². The highest BCUT2D eigenvalue weighted by atomic mass is 35.5.